The van der Waals surface area contributed by atoms with Crippen molar-refractivity contribution in [2.24, 2.45) is 0 Å². The Morgan fingerprint density at radius 1 is 1.44 bits per heavy atom. The average Bonchev–Trinajstić information content (AvgIpc) is 2.81. The van der Waals surface area contributed by atoms with E-state index >= 15 is 0 Å². The van der Waals surface area contributed by atoms with Gasteiger partial charge in [-0.25, -0.2) is 4.79 Å². The first-order valence-corrected chi connectivity index (χ1v) is 6.58. The predicted octanol–water partition coefficient (Wildman–Crippen LogP) is 1.30. The van der Waals surface area contributed by atoms with Gasteiger partial charge in [0.25, 0.3) is 5.91 Å². The molecule has 1 aromatic rings. The lowest BCUT2D eigenvalue weighted by Gasteiger charge is -2.21. The van der Waals surface area contributed by atoms with Crippen LogP contribution >= 0.6 is 11.8 Å². The molecule has 0 unspecified atom stereocenters. The molecule has 1 saturated heterocycles. The largest absolute Gasteiger partial charge is 0.508 e. The monoisotopic (exact) mass is 267 g/mol. The van der Waals surface area contributed by atoms with Gasteiger partial charge in [-0.3, -0.25) is 4.79 Å². The van der Waals surface area contributed by atoms with Crippen molar-refractivity contribution in [2.75, 3.05) is 11.6 Å². The lowest BCUT2D eigenvalue weighted by atomic mass is 10.1. The third-order valence-corrected chi connectivity index (χ3v) is 3.98. The number of thioether (sulfide) groups is 1. The van der Waals surface area contributed by atoms with Crippen LogP contribution in [0.1, 0.15) is 15.9 Å². The van der Waals surface area contributed by atoms with Crippen LogP contribution in [0.15, 0.2) is 18.2 Å². The van der Waals surface area contributed by atoms with Crippen molar-refractivity contribution in [3.63, 3.8) is 0 Å². The Labute approximate surface area is 108 Å². The summed E-state index contributed by atoms with van der Waals surface area (Å²) in [5, 5.41) is 18.6. The molecule has 1 atom stereocenters. The summed E-state index contributed by atoms with van der Waals surface area (Å²) in [6.07, 6.45) is 0. The zero-order chi connectivity index (χ0) is 13.3. The molecule has 0 aromatic heterocycles. The molecule has 0 bridgehead atoms. The highest BCUT2D eigenvalue weighted by atomic mass is 32.2. The molecule has 0 saturated carbocycles. The Kier molecular flexibility index (Phi) is 3.47. The first kappa shape index (κ1) is 12.8. The Bertz CT molecular complexity index is 503. The van der Waals surface area contributed by atoms with Crippen molar-refractivity contribution in [1.29, 1.82) is 0 Å². The third-order valence-electron chi connectivity index (χ3n) is 2.96. The molecule has 0 aliphatic carbocycles. The molecule has 1 aliphatic rings. The van der Waals surface area contributed by atoms with Crippen molar-refractivity contribution < 1.29 is 19.8 Å². The van der Waals surface area contributed by atoms with E-state index in [9.17, 15) is 14.7 Å². The Morgan fingerprint density at radius 3 is 2.83 bits per heavy atom. The van der Waals surface area contributed by atoms with E-state index < -0.39 is 12.0 Å². The molecule has 1 amide bonds. The molecule has 1 aromatic carbocycles. The number of phenols is 1. The molecule has 96 valence electrons. The van der Waals surface area contributed by atoms with Gasteiger partial charge in [0.2, 0.25) is 0 Å². The Hall–Kier alpha value is -1.69. The number of hydrogen-bond donors (Lipinski definition) is 2. The minimum Gasteiger partial charge on any atom is -0.508 e. The number of nitrogens with zero attached hydrogens (tertiary/aromatic N) is 1. The fraction of sp³-hybridized carbons (Fsp3) is 0.333. The van der Waals surface area contributed by atoms with Gasteiger partial charge in [-0.2, -0.15) is 0 Å². The molecule has 0 radical (unpaired) electrons. The number of aromatic hydroxyl groups is 1. The van der Waals surface area contributed by atoms with Crippen LogP contribution in [-0.4, -0.2) is 44.7 Å². The molecule has 18 heavy (non-hydrogen) atoms. The fourth-order valence-electron chi connectivity index (χ4n) is 1.86. The van der Waals surface area contributed by atoms with E-state index in [4.69, 9.17) is 5.11 Å². The number of amides is 1. The number of phenolic OH excluding ortho intramolecular Hbond substituents is 1. The summed E-state index contributed by atoms with van der Waals surface area (Å²) in [5.74, 6) is -0.532. The minimum absolute atomic E-state index is 0.0413. The zero-order valence-corrected chi connectivity index (χ0v) is 10.6. The highest BCUT2D eigenvalue weighted by molar-refractivity contribution is 7.99. The number of carboxylic acid groups (broad SMARTS) is 1. The Balaban J connectivity index is 2.31. The van der Waals surface area contributed by atoms with E-state index in [0.717, 1.165) is 0 Å². The molecule has 1 heterocycles. The number of benzene rings is 1. The van der Waals surface area contributed by atoms with Crippen LogP contribution < -0.4 is 0 Å². The lowest BCUT2D eigenvalue weighted by molar-refractivity contribution is -0.140. The number of carbonyl (C=O) groups excluding carboxylic acids is 1. The summed E-state index contributed by atoms with van der Waals surface area (Å²) in [7, 11) is 0. The van der Waals surface area contributed by atoms with Gasteiger partial charge < -0.3 is 15.1 Å². The second kappa shape index (κ2) is 4.89. The van der Waals surface area contributed by atoms with Gasteiger partial charge in [0.05, 0.1) is 5.88 Å². The third kappa shape index (κ3) is 2.15. The predicted molar refractivity (Wildman–Crippen MR) is 67.8 cm³/mol. The molecule has 2 rings (SSSR count). The van der Waals surface area contributed by atoms with Crippen molar-refractivity contribution in [1.82, 2.24) is 4.90 Å². The number of rotatable bonds is 2. The van der Waals surface area contributed by atoms with Crippen LogP contribution in [0.5, 0.6) is 5.75 Å². The summed E-state index contributed by atoms with van der Waals surface area (Å²) >= 11 is 1.41. The van der Waals surface area contributed by atoms with Gasteiger partial charge in [-0.1, -0.05) is 6.07 Å². The first-order valence-electron chi connectivity index (χ1n) is 5.42. The van der Waals surface area contributed by atoms with Crippen molar-refractivity contribution >= 4 is 23.6 Å². The molecule has 6 heteroatoms. The molecule has 2 N–H and O–H groups in total. The summed E-state index contributed by atoms with van der Waals surface area (Å²) in [6, 6.07) is 3.89. The number of carbonyl (C=O) groups is 2. The van der Waals surface area contributed by atoms with Gasteiger partial charge in [0, 0.05) is 16.9 Å². The fourth-order valence-corrected chi connectivity index (χ4v) is 3.00. The van der Waals surface area contributed by atoms with Gasteiger partial charge in [-0.15, -0.1) is 11.8 Å². The standard InChI is InChI=1S/C12H13NO4S/c1-7-8(3-2-4-10(7)14)11(15)13-6-18-5-9(13)12(16)17/h2-4,9,14H,5-6H2,1H3,(H,16,17)/t9-/m0/s1. The summed E-state index contributed by atoms with van der Waals surface area (Å²) < 4.78 is 0. The number of carboxylic acids is 1. The van der Waals surface area contributed by atoms with Crippen LogP contribution in [0.25, 0.3) is 0 Å². The number of hydrogen-bond acceptors (Lipinski definition) is 4. The van der Waals surface area contributed by atoms with Crippen molar-refractivity contribution in [3.8, 4) is 5.75 Å². The van der Waals surface area contributed by atoms with E-state index in [1.807, 2.05) is 0 Å². The smallest absolute Gasteiger partial charge is 0.327 e. The van der Waals surface area contributed by atoms with E-state index in [2.05, 4.69) is 0 Å². The highest BCUT2D eigenvalue weighted by Crippen LogP contribution is 2.26. The maximum atomic E-state index is 12.3. The minimum atomic E-state index is -0.994. The number of aliphatic carboxylic acids is 1. The molecule has 1 aliphatic heterocycles. The van der Waals surface area contributed by atoms with Crippen LogP contribution in [0.2, 0.25) is 0 Å². The topological polar surface area (TPSA) is 77.8 Å². The second-order valence-corrected chi connectivity index (χ2v) is 5.08. The lowest BCUT2D eigenvalue weighted by Crippen LogP contribution is -2.41. The van der Waals surface area contributed by atoms with E-state index in [1.54, 1.807) is 19.1 Å². The maximum Gasteiger partial charge on any atom is 0.327 e. The first-order chi connectivity index (χ1) is 8.52. The second-order valence-electron chi connectivity index (χ2n) is 4.08. The zero-order valence-electron chi connectivity index (χ0n) is 9.79. The van der Waals surface area contributed by atoms with Crippen LogP contribution in [-0.2, 0) is 4.79 Å². The molecular weight excluding hydrogens is 254 g/mol. The van der Waals surface area contributed by atoms with Gasteiger partial charge in [0.15, 0.2) is 0 Å². The molecular formula is C12H13NO4S. The molecule has 5 nitrogen and oxygen atoms in total. The normalized spacial score (nSPS) is 18.9. The van der Waals surface area contributed by atoms with Crippen LogP contribution in [0.4, 0.5) is 0 Å². The SMILES string of the molecule is Cc1c(O)cccc1C(=O)N1CSC[C@H]1C(=O)O. The van der Waals surface area contributed by atoms with Gasteiger partial charge in [-0.05, 0) is 19.1 Å². The van der Waals surface area contributed by atoms with Crippen LogP contribution in [0, 0.1) is 6.92 Å². The maximum absolute atomic E-state index is 12.3. The average molecular weight is 267 g/mol. The van der Waals surface area contributed by atoms with Gasteiger partial charge in [0.1, 0.15) is 11.8 Å². The highest BCUT2D eigenvalue weighted by Gasteiger charge is 2.35. The molecule has 0 spiro atoms. The van der Waals surface area contributed by atoms with Gasteiger partial charge >= 0.3 is 5.97 Å². The van der Waals surface area contributed by atoms with Crippen LogP contribution in [0.3, 0.4) is 0 Å². The van der Waals surface area contributed by atoms with E-state index in [0.29, 0.717) is 22.8 Å². The quantitative estimate of drug-likeness (QED) is 0.844. The summed E-state index contributed by atoms with van der Waals surface area (Å²) in [5.41, 5.74) is 0.826. The van der Waals surface area contributed by atoms with E-state index in [1.165, 1.54) is 22.7 Å². The summed E-state index contributed by atoms with van der Waals surface area (Å²) in [6.45, 7) is 1.64. The summed E-state index contributed by atoms with van der Waals surface area (Å²) in [4.78, 5) is 24.6. The van der Waals surface area contributed by atoms with E-state index in [-0.39, 0.29) is 11.7 Å². The van der Waals surface area contributed by atoms with Crippen molar-refractivity contribution in [2.45, 2.75) is 13.0 Å². The van der Waals surface area contributed by atoms with Crippen molar-refractivity contribution in [3.05, 3.63) is 29.3 Å². The Morgan fingerprint density at radius 2 is 2.17 bits per heavy atom. The molecule has 1 fully saturated rings.